The molecule has 2 aromatic rings. The zero-order chi connectivity index (χ0) is 12.3. The quantitative estimate of drug-likeness (QED) is 0.659. The fourth-order valence-electron chi connectivity index (χ4n) is 1.54. The number of H-pyrrole nitrogens is 1. The smallest absolute Gasteiger partial charge is 0.242 e. The number of likely N-dealkylation sites (N-methyl/N-ethyl adjacent to an activating group) is 1. The summed E-state index contributed by atoms with van der Waals surface area (Å²) < 4.78 is 26.5. The molecule has 0 aromatic carbocycles. The molecular formula is C10H14N4O2S. The Balaban J connectivity index is 2.33. The molecule has 7 heteroatoms. The van der Waals surface area contributed by atoms with Gasteiger partial charge in [0.1, 0.15) is 10.5 Å². The molecule has 2 aromatic heterocycles. The molecule has 2 rings (SSSR count). The third-order valence-corrected chi connectivity index (χ3v) is 3.87. The summed E-state index contributed by atoms with van der Waals surface area (Å²) in [6.07, 6.45) is 3.07. The van der Waals surface area contributed by atoms with Gasteiger partial charge in [0, 0.05) is 30.9 Å². The van der Waals surface area contributed by atoms with Crippen molar-refractivity contribution >= 4 is 21.1 Å². The summed E-state index contributed by atoms with van der Waals surface area (Å²) >= 11 is 0. The van der Waals surface area contributed by atoms with Crippen molar-refractivity contribution in [3.63, 3.8) is 0 Å². The average Bonchev–Trinajstić information content (AvgIpc) is 2.73. The number of fused-ring (bicyclic) bond motifs is 1. The van der Waals surface area contributed by atoms with Crippen LogP contribution in [0.25, 0.3) is 11.0 Å². The fraction of sp³-hybridized carbons (Fsp3) is 0.300. The van der Waals surface area contributed by atoms with E-state index in [1.165, 1.54) is 6.20 Å². The Labute approximate surface area is 99.5 Å². The van der Waals surface area contributed by atoms with Crippen molar-refractivity contribution in [1.82, 2.24) is 20.0 Å². The molecule has 0 bridgehead atoms. The molecule has 0 atom stereocenters. The number of sulfonamides is 1. The summed E-state index contributed by atoms with van der Waals surface area (Å²) in [4.78, 5) is 7.12. The van der Waals surface area contributed by atoms with Gasteiger partial charge in [0.25, 0.3) is 0 Å². The van der Waals surface area contributed by atoms with E-state index >= 15 is 0 Å². The summed E-state index contributed by atoms with van der Waals surface area (Å²) in [6.45, 7) is 0.936. The van der Waals surface area contributed by atoms with E-state index in [4.69, 9.17) is 0 Å². The molecule has 2 heterocycles. The molecule has 92 valence electrons. The van der Waals surface area contributed by atoms with Crippen molar-refractivity contribution < 1.29 is 8.42 Å². The lowest BCUT2D eigenvalue weighted by Crippen LogP contribution is -2.30. The fourth-order valence-corrected chi connectivity index (χ4v) is 2.74. The van der Waals surface area contributed by atoms with Gasteiger partial charge < -0.3 is 10.3 Å². The molecule has 0 radical (unpaired) electrons. The van der Waals surface area contributed by atoms with Crippen LogP contribution in [0.3, 0.4) is 0 Å². The lowest BCUT2D eigenvalue weighted by Gasteiger charge is -2.04. The Bertz CT molecular complexity index is 606. The van der Waals surface area contributed by atoms with Gasteiger partial charge >= 0.3 is 0 Å². The lowest BCUT2D eigenvalue weighted by molar-refractivity contribution is 0.580. The highest BCUT2D eigenvalue weighted by Crippen LogP contribution is 2.20. The summed E-state index contributed by atoms with van der Waals surface area (Å²) in [6, 6.07) is 3.44. The summed E-state index contributed by atoms with van der Waals surface area (Å²) in [5.41, 5.74) is 0.571. The second-order valence-electron chi connectivity index (χ2n) is 3.55. The zero-order valence-corrected chi connectivity index (χ0v) is 10.2. The molecular weight excluding hydrogens is 240 g/mol. The Morgan fingerprint density at radius 2 is 2.24 bits per heavy atom. The van der Waals surface area contributed by atoms with Crippen LogP contribution >= 0.6 is 0 Å². The van der Waals surface area contributed by atoms with Crippen LogP contribution in [0.2, 0.25) is 0 Å². The summed E-state index contributed by atoms with van der Waals surface area (Å²) in [5.74, 6) is 0. The molecule has 0 aliphatic rings. The Kier molecular flexibility index (Phi) is 3.41. The third kappa shape index (κ3) is 2.46. The first-order valence-corrected chi connectivity index (χ1v) is 6.70. The molecule has 0 spiro atoms. The maximum Gasteiger partial charge on any atom is 0.242 e. The topological polar surface area (TPSA) is 86.9 Å². The number of pyridine rings is 1. The minimum Gasteiger partial charge on any atom is -0.345 e. The molecule has 0 fully saturated rings. The standard InChI is InChI=1S/C10H14N4O2S/c1-11-5-6-14-17(15,16)9-7-13-10-8(9)3-2-4-12-10/h2-4,7,11,14H,5-6H2,1H3,(H,12,13). The van der Waals surface area contributed by atoms with Crippen LogP contribution in [-0.2, 0) is 10.0 Å². The van der Waals surface area contributed by atoms with Crippen LogP contribution in [0, 0.1) is 0 Å². The Morgan fingerprint density at radius 3 is 3.00 bits per heavy atom. The molecule has 6 nitrogen and oxygen atoms in total. The number of nitrogens with one attached hydrogen (secondary N) is 3. The first-order valence-electron chi connectivity index (χ1n) is 5.21. The molecule has 0 saturated heterocycles. The highest BCUT2D eigenvalue weighted by Gasteiger charge is 2.18. The van der Waals surface area contributed by atoms with E-state index < -0.39 is 10.0 Å². The van der Waals surface area contributed by atoms with Gasteiger partial charge in [-0.25, -0.2) is 18.1 Å². The largest absolute Gasteiger partial charge is 0.345 e. The van der Waals surface area contributed by atoms with E-state index in [2.05, 4.69) is 20.0 Å². The van der Waals surface area contributed by atoms with E-state index in [0.717, 1.165) is 0 Å². The molecule has 0 aliphatic heterocycles. The first-order chi connectivity index (χ1) is 8.15. The maximum absolute atomic E-state index is 12.0. The van der Waals surface area contributed by atoms with E-state index in [0.29, 0.717) is 24.1 Å². The highest BCUT2D eigenvalue weighted by molar-refractivity contribution is 7.89. The predicted molar refractivity (Wildman–Crippen MR) is 65.2 cm³/mol. The van der Waals surface area contributed by atoms with Gasteiger partial charge in [-0.2, -0.15) is 0 Å². The van der Waals surface area contributed by atoms with E-state index in [9.17, 15) is 8.42 Å². The van der Waals surface area contributed by atoms with Crippen molar-refractivity contribution in [2.75, 3.05) is 20.1 Å². The number of rotatable bonds is 5. The first kappa shape index (κ1) is 12.0. The minimum atomic E-state index is -3.48. The highest BCUT2D eigenvalue weighted by atomic mass is 32.2. The predicted octanol–water partition coefficient (Wildman–Crippen LogP) is 0.0606. The number of aromatic nitrogens is 2. The van der Waals surface area contributed by atoms with Crippen LogP contribution in [0.15, 0.2) is 29.4 Å². The molecule has 0 unspecified atom stereocenters. The van der Waals surface area contributed by atoms with Gasteiger partial charge in [0.2, 0.25) is 10.0 Å². The maximum atomic E-state index is 12.0. The minimum absolute atomic E-state index is 0.233. The van der Waals surface area contributed by atoms with Crippen molar-refractivity contribution in [2.24, 2.45) is 0 Å². The van der Waals surface area contributed by atoms with Gasteiger partial charge in [0.15, 0.2) is 0 Å². The van der Waals surface area contributed by atoms with Crippen molar-refractivity contribution in [1.29, 1.82) is 0 Å². The van der Waals surface area contributed by atoms with Gasteiger partial charge in [-0.3, -0.25) is 0 Å². The lowest BCUT2D eigenvalue weighted by atomic mass is 10.3. The van der Waals surface area contributed by atoms with Gasteiger partial charge in [-0.15, -0.1) is 0 Å². The van der Waals surface area contributed by atoms with Crippen LogP contribution in [-0.4, -0.2) is 38.5 Å². The number of hydrogen-bond acceptors (Lipinski definition) is 4. The number of hydrogen-bond donors (Lipinski definition) is 3. The van der Waals surface area contributed by atoms with Crippen LogP contribution in [0.1, 0.15) is 0 Å². The Hall–Kier alpha value is -1.44. The van der Waals surface area contributed by atoms with Crippen LogP contribution < -0.4 is 10.0 Å². The van der Waals surface area contributed by atoms with Crippen LogP contribution in [0.4, 0.5) is 0 Å². The van der Waals surface area contributed by atoms with Gasteiger partial charge in [0.05, 0.1) is 0 Å². The second-order valence-corrected chi connectivity index (χ2v) is 5.29. The SMILES string of the molecule is CNCCNS(=O)(=O)c1c[nH]c2ncccc12. The second kappa shape index (κ2) is 4.82. The van der Waals surface area contributed by atoms with E-state index in [1.54, 1.807) is 25.4 Å². The van der Waals surface area contributed by atoms with Gasteiger partial charge in [-0.1, -0.05) is 0 Å². The molecule has 17 heavy (non-hydrogen) atoms. The van der Waals surface area contributed by atoms with Crippen molar-refractivity contribution in [3.8, 4) is 0 Å². The molecule has 0 amide bonds. The van der Waals surface area contributed by atoms with Crippen molar-refractivity contribution in [2.45, 2.75) is 4.90 Å². The summed E-state index contributed by atoms with van der Waals surface area (Å²) in [5, 5.41) is 3.48. The molecule has 3 N–H and O–H groups in total. The Morgan fingerprint density at radius 1 is 1.41 bits per heavy atom. The number of aromatic amines is 1. The van der Waals surface area contributed by atoms with E-state index in [-0.39, 0.29) is 4.90 Å². The monoisotopic (exact) mass is 254 g/mol. The van der Waals surface area contributed by atoms with Crippen LogP contribution in [0.5, 0.6) is 0 Å². The molecule has 0 saturated carbocycles. The van der Waals surface area contributed by atoms with E-state index in [1.807, 2.05) is 0 Å². The normalized spacial score (nSPS) is 12.1. The van der Waals surface area contributed by atoms with Gasteiger partial charge in [-0.05, 0) is 19.2 Å². The molecule has 0 aliphatic carbocycles. The average molecular weight is 254 g/mol. The zero-order valence-electron chi connectivity index (χ0n) is 9.40. The van der Waals surface area contributed by atoms with Crippen molar-refractivity contribution in [3.05, 3.63) is 24.5 Å². The number of nitrogens with zero attached hydrogens (tertiary/aromatic N) is 1. The third-order valence-electron chi connectivity index (χ3n) is 2.37. The summed E-state index contributed by atoms with van der Waals surface area (Å²) in [7, 11) is -1.71.